The van der Waals surface area contributed by atoms with Crippen molar-refractivity contribution >= 4 is 5.71 Å². The highest BCUT2D eigenvalue weighted by molar-refractivity contribution is 6.10. The van der Waals surface area contributed by atoms with E-state index in [4.69, 9.17) is 18.7 Å². The number of aromatic nitrogens is 7. The molecule has 0 saturated carbocycles. The first-order chi connectivity index (χ1) is 18.1. The number of ether oxygens (including phenoxy) is 2. The molecule has 0 unspecified atom stereocenters. The van der Waals surface area contributed by atoms with Gasteiger partial charge in [-0.05, 0) is 34.7 Å². The summed E-state index contributed by atoms with van der Waals surface area (Å²) in [5.41, 5.74) is 1.62. The number of benzene rings is 2. The lowest BCUT2D eigenvalue weighted by atomic mass is 10.1. The van der Waals surface area contributed by atoms with Gasteiger partial charge < -0.3 is 18.7 Å². The highest BCUT2D eigenvalue weighted by Gasteiger charge is 2.16. The van der Waals surface area contributed by atoms with Gasteiger partial charge in [-0.2, -0.15) is 0 Å². The zero-order chi connectivity index (χ0) is 25.6. The Morgan fingerprint density at radius 2 is 1.86 bits per heavy atom. The molecule has 186 valence electrons. The number of oxime groups is 1. The molecule has 0 aliphatic heterocycles. The standard InChI is InChI=1S/C24H19FN8O4/c1-33-23(28-31-32-33)22(15-6-4-3-5-7-15)30-35-14-21-27-29-24(37-21)19-10-8-17(13-26-19)36-20-11-9-16(34-2)12-18(20)25/h3-13H,14H2,1-2H3/b30-22-. The van der Waals surface area contributed by atoms with Crippen LogP contribution < -0.4 is 9.47 Å². The quantitative estimate of drug-likeness (QED) is 0.217. The molecule has 0 radical (unpaired) electrons. The van der Waals surface area contributed by atoms with E-state index in [9.17, 15) is 4.39 Å². The fraction of sp³-hybridized carbons (Fsp3) is 0.125. The van der Waals surface area contributed by atoms with Crippen molar-refractivity contribution in [2.24, 2.45) is 12.2 Å². The van der Waals surface area contributed by atoms with E-state index in [0.29, 0.717) is 28.7 Å². The first-order valence-corrected chi connectivity index (χ1v) is 10.9. The van der Waals surface area contributed by atoms with Crippen molar-refractivity contribution in [2.45, 2.75) is 6.61 Å². The molecule has 0 amide bonds. The van der Waals surface area contributed by atoms with Crippen LogP contribution in [-0.2, 0) is 18.5 Å². The molecule has 0 N–H and O–H groups in total. The van der Waals surface area contributed by atoms with Crippen molar-refractivity contribution in [3.8, 4) is 28.8 Å². The molecule has 5 rings (SSSR count). The van der Waals surface area contributed by atoms with Gasteiger partial charge in [0.2, 0.25) is 5.82 Å². The molecule has 2 aromatic carbocycles. The summed E-state index contributed by atoms with van der Waals surface area (Å²) in [6, 6.07) is 16.9. The average molecular weight is 502 g/mol. The molecule has 0 fully saturated rings. The molecule has 3 aromatic heterocycles. The van der Waals surface area contributed by atoms with Crippen LogP contribution in [0.15, 0.2) is 76.4 Å². The second kappa shape index (κ2) is 10.6. The topological polar surface area (TPSA) is 135 Å². The molecule has 0 saturated heterocycles. The van der Waals surface area contributed by atoms with Gasteiger partial charge in [-0.3, -0.25) is 0 Å². The summed E-state index contributed by atoms with van der Waals surface area (Å²) in [7, 11) is 3.16. The molecule has 37 heavy (non-hydrogen) atoms. The maximum absolute atomic E-state index is 14.1. The predicted molar refractivity (Wildman–Crippen MR) is 126 cm³/mol. The SMILES string of the molecule is COc1ccc(Oc2ccc(-c3nnc(CO/N=C(/c4ccccc4)c4nnnn4C)o3)nc2)c(F)c1. The number of tetrazole rings is 1. The number of pyridine rings is 1. The number of nitrogens with zero attached hydrogens (tertiary/aromatic N) is 8. The van der Waals surface area contributed by atoms with Crippen LogP contribution in [0.2, 0.25) is 0 Å². The van der Waals surface area contributed by atoms with Crippen molar-refractivity contribution in [3.05, 3.63) is 90.0 Å². The van der Waals surface area contributed by atoms with Crippen molar-refractivity contribution < 1.29 is 23.1 Å². The third kappa shape index (κ3) is 5.40. The van der Waals surface area contributed by atoms with E-state index in [1.165, 1.54) is 30.1 Å². The fourth-order valence-electron chi connectivity index (χ4n) is 3.20. The summed E-state index contributed by atoms with van der Waals surface area (Å²) in [4.78, 5) is 9.73. The Bertz CT molecular complexity index is 1520. The Morgan fingerprint density at radius 3 is 2.57 bits per heavy atom. The summed E-state index contributed by atoms with van der Waals surface area (Å²) >= 11 is 0. The lowest BCUT2D eigenvalue weighted by molar-refractivity contribution is 0.111. The number of aryl methyl sites for hydroxylation is 1. The zero-order valence-corrected chi connectivity index (χ0v) is 19.6. The summed E-state index contributed by atoms with van der Waals surface area (Å²) in [6.45, 7) is -0.0907. The van der Waals surface area contributed by atoms with Crippen LogP contribution in [0.3, 0.4) is 0 Å². The van der Waals surface area contributed by atoms with Crippen LogP contribution >= 0.6 is 0 Å². The summed E-state index contributed by atoms with van der Waals surface area (Å²) in [5.74, 6) is 0.992. The van der Waals surface area contributed by atoms with E-state index < -0.39 is 5.82 Å². The van der Waals surface area contributed by atoms with Crippen LogP contribution in [0.4, 0.5) is 4.39 Å². The van der Waals surface area contributed by atoms with Gasteiger partial charge in [0.1, 0.15) is 17.2 Å². The normalized spacial score (nSPS) is 11.4. The average Bonchev–Trinajstić information content (AvgIpc) is 3.58. The third-order valence-electron chi connectivity index (χ3n) is 5.01. The largest absolute Gasteiger partial charge is 0.497 e. The predicted octanol–water partition coefficient (Wildman–Crippen LogP) is 3.56. The van der Waals surface area contributed by atoms with Gasteiger partial charge in [0.05, 0.1) is 13.3 Å². The van der Waals surface area contributed by atoms with Gasteiger partial charge >= 0.3 is 0 Å². The second-order valence-electron chi connectivity index (χ2n) is 7.48. The number of hydrogen-bond acceptors (Lipinski definition) is 11. The van der Waals surface area contributed by atoms with Crippen molar-refractivity contribution in [1.29, 1.82) is 0 Å². The van der Waals surface area contributed by atoms with Gasteiger partial charge in [0.25, 0.3) is 11.8 Å². The van der Waals surface area contributed by atoms with Gasteiger partial charge in [0.15, 0.2) is 23.9 Å². The number of halogens is 1. The van der Waals surface area contributed by atoms with Gasteiger partial charge in [-0.15, -0.1) is 15.3 Å². The van der Waals surface area contributed by atoms with E-state index in [0.717, 1.165) is 5.56 Å². The Balaban J connectivity index is 1.26. The highest BCUT2D eigenvalue weighted by Crippen LogP contribution is 2.28. The molecule has 0 bridgehead atoms. The number of rotatable bonds is 9. The van der Waals surface area contributed by atoms with Crippen molar-refractivity contribution in [2.75, 3.05) is 7.11 Å². The van der Waals surface area contributed by atoms with Crippen molar-refractivity contribution in [3.63, 3.8) is 0 Å². The third-order valence-corrected chi connectivity index (χ3v) is 5.01. The minimum absolute atomic E-state index is 0.0418. The molecular weight excluding hydrogens is 483 g/mol. The minimum atomic E-state index is -0.557. The maximum atomic E-state index is 14.1. The smallest absolute Gasteiger partial charge is 0.266 e. The second-order valence-corrected chi connectivity index (χ2v) is 7.48. The Morgan fingerprint density at radius 1 is 1.03 bits per heavy atom. The van der Waals surface area contributed by atoms with Crippen LogP contribution in [-0.4, -0.2) is 48.2 Å². The van der Waals surface area contributed by atoms with E-state index in [1.807, 2.05) is 30.3 Å². The van der Waals surface area contributed by atoms with Crippen molar-refractivity contribution in [1.82, 2.24) is 35.4 Å². The van der Waals surface area contributed by atoms with E-state index in [1.54, 1.807) is 25.2 Å². The van der Waals surface area contributed by atoms with Crippen LogP contribution in [0.25, 0.3) is 11.6 Å². The number of hydrogen-bond donors (Lipinski definition) is 0. The Kier molecular flexibility index (Phi) is 6.74. The van der Waals surface area contributed by atoms with Gasteiger partial charge in [-0.1, -0.05) is 35.5 Å². The molecule has 13 heteroatoms. The first kappa shape index (κ1) is 23.5. The van der Waals surface area contributed by atoms with E-state index in [-0.39, 0.29) is 24.1 Å². The molecule has 5 aromatic rings. The molecule has 12 nitrogen and oxygen atoms in total. The fourth-order valence-corrected chi connectivity index (χ4v) is 3.20. The first-order valence-electron chi connectivity index (χ1n) is 10.9. The molecule has 0 aliphatic carbocycles. The van der Waals surface area contributed by atoms with Gasteiger partial charge in [0, 0.05) is 18.7 Å². The van der Waals surface area contributed by atoms with Crippen LogP contribution in [0.5, 0.6) is 17.2 Å². The Hall–Kier alpha value is -5.20. The van der Waals surface area contributed by atoms with E-state index >= 15 is 0 Å². The summed E-state index contributed by atoms with van der Waals surface area (Å²) in [6.07, 6.45) is 1.42. The molecule has 0 atom stereocenters. The monoisotopic (exact) mass is 502 g/mol. The van der Waals surface area contributed by atoms with Crippen LogP contribution in [0, 0.1) is 5.82 Å². The molecule has 0 spiro atoms. The van der Waals surface area contributed by atoms with E-state index in [2.05, 4.69) is 35.9 Å². The van der Waals surface area contributed by atoms with Gasteiger partial charge in [-0.25, -0.2) is 14.1 Å². The van der Waals surface area contributed by atoms with Crippen LogP contribution in [0.1, 0.15) is 17.3 Å². The lowest BCUT2D eigenvalue weighted by Crippen LogP contribution is -2.12. The zero-order valence-electron chi connectivity index (χ0n) is 19.6. The molecule has 3 heterocycles. The molecular formula is C24H19FN8O4. The lowest BCUT2D eigenvalue weighted by Gasteiger charge is -2.07. The highest BCUT2D eigenvalue weighted by atomic mass is 19.1. The Labute approximate surface area is 209 Å². The summed E-state index contributed by atoms with van der Waals surface area (Å²) in [5, 5.41) is 23.7. The summed E-state index contributed by atoms with van der Waals surface area (Å²) < 4.78 is 31.8. The minimum Gasteiger partial charge on any atom is -0.497 e. The maximum Gasteiger partial charge on any atom is 0.266 e. The number of methoxy groups -OCH3 is 1. The molecule has 0 aliphatic rings.